The summed E-state index contributed by atoms with van der Waals surface area (Å²) in [5.41, 5.74) is 0.732. The van der Waals surface area contributed by atoms with E-state index in [0.717, 1.165) is 37.7 Å². The quantitative estimate of drug-likeness (QED) is 0.885. The number of amides is 2. The fourth-order valence-electron chi connectivity index (χ4n) is 3.68. The maximum absolute atomic E-state index is 12.8. The first kappa shape index (κ1) is 18.1. The number of anilines is 1. The number of benzene rings is 1. The Morgan fingerprint density at radius 3 is 2.72 bits per heavy atom. The Hall–Kier alpha value is -1.75. The number of rotatable bonds is 5. The molecule has 1 aliphatic carbocycles. The van der Waals surface area contributed by atoms with Gasteiger partial charge in [-0.3, -0.25) is 4.90 Å². The van der Waals surface area contributed by atoms with Crippen molar-refractivity contribution in [2.75, 3.05) is 38.6 Å². The lowest BCUT2D eigenvalue weighted by atomic mass is 10.0. The number of para-hydroxylation sites is 2. The zero-order valence-electron chi connectivity index (χ0n) is 15.7. The summed E-state index contributed by atoms with van der Waals surface area (Å²) in [6.07, 6.45) is 3.79. The van der Waals surface area contributed by atoms with Gasteiger partial charge < -0.3 is 15.0 Å². The molecule has 3 rings (SSSR count). The third-order valence-electron chi connectivity index (χ3n) is 5.34. The van der Waals surface area contributed by atoms with Gasteiger partial charge in [-0.15, -0.1) is 0 Å². The summed E-state index contributed by atoms with van der Waals surface area (Å²) in [6, 6.07) is 7.98. The van der Waals surface area contributed by atoms with Gasteiger partial charge >= 0.3 is 6.03 Å². The van der Waals surface area contributed by atoms with Crippen LogP contribution in [0.15, 0.2) is 24.3 Å². The molecule has 138 valence electrons. The van der Waals surface area contributed by atoms with E-state index in [4.69, 9.17) is 4.74 Å². The van der Waals surface area contributed by atoms with Gasteiger partial charge in [0, 0.05) is 32.2 Å². The minimum absolute atomic E-state index is 0.0246. The summed E-state index contributed by atoms with van der Waals surface area (Å²) in [5, 5.41) is 3.03. The fourth-order valence-corrected chi connectivity index (χ4v) is 3.68. The monoisotopic (exact) mass is 345 g/mol. The van der Waals surface area contributed by atoms with Crippen molar-refractivity contribution in [3.63, 3.8) is 0 Å². The van der Waals surface area contributed by atoms with Gasteiger partial charge in [0.05, 0.1) is 12.8 Å². The van der Waals surface area contributed by atoms with Crippen molar-refractivity contribution in [1.82, 2.24) is 9.80 Å². The average molecular weight is 345 g/mol. The molecule has 1 aliphatic heterocycles. The average Bonchev–Trinajstić information content (AvgIpc) is 3.42. The van der Waals surface area contributed by atoms with Gasteiger partial charge in [-0.25, -0.2) is 4.79 Å². The molecule has 1 saturated heterocycles. The summed E-state index contributed by atoms with van der Waals surface area (Å²) < 4.78 is 5.34. The number of urea groups is 1. The molecular weight excluding hydrogens is 314 g/mol. The van der Waals surface area contributed by atoms with Crippen molar-refractivity contribution in [2.45, 2.75) is 39.2 Å². The molecule has 0 unspecified atom stereocenters. The van der Waals surface area contributed by atoms with Gasteiger partial charge in [0.15, 0.2) is 0 Å². The number of carbonyl (C=O) groups excluding carboxylic acids is 1. The van der Waals surface area contributed by atoms with E-state index in [1.54, 1.807) is 7.11 Å². The van der Waals surface area contributed by atoms with Crippen LogP contribution in [0, 0.1) is 11.8 Å². The van der Waals surface area contributed by atoms with Gasteiger partial charge in [-0.2, -0.15) is 0 Å². The second-order valence-electron chi connectivity index (χ2n) is 7.68. The van der Waals surface area contributed by atoms with Crippen LogP contribution in [0.4, 0.5) is 10.5 Å². The molecule has 0 radical (unpaired) electrons. The van der Waals surface area contributed by atoms with Crippen LogP contribution >= 0.6 is 0 Å². The van der Waals surface area contributed by atoms with Crippen LogP contribution in [-0.4, -0.2) is 55.2 Å². The Labute approximate surface area is 151 Å². The van der Waals surface area contributed by atoms with E-state index in [1.807, 2.05) is 29.2 Å². The van der Waals surface area contributed by atoms with E-state index < -0.39 is 0 Å². The van der Waals surface area contributed by atoms with Crippen LogP contribution in [0.5, 0.6) is 5.75 Å². The molecule has 2 fully saturated rings. The van der Waals surface area contributed by atoms with E-state index in [1.165, 1.54) is 19.4 Å². The standard InChI is InChI=1S/C20H31N3O2/c1-15(2)18-14-23(12-6-11-22(18)13-16-9-10-16)20(24)21-17-7-4-5-8-19(17)25-3/h4-5,7-8,15-16,18H,6,9-14H2,1-3H3,(H,21,24)/t18-/m0/s1. The molecule has 0 spiro atoms. The van der Waals surface area contributed by atoms with Crippen molar-refractivity contribution in [3.8, 4) is 5.75 Å². The zero-order valence-corrected chi connectivity index (χ0v) is 15.7. The van der Waals surface area contributed by atoms with E-state index in [9.17, 15) is 4.79 Å². The van der Waals surface area contributed by atoms with Crippen molar-refractivity contribution < 1.29 is 9.53 Å². The lowest BCUT2D eigenvalue weighted by molar-refractivity contribution is 0.140. The third-order valence-corrected chi connectivity index (χ3v) is 5.34. The number of hydrogen-bond acceptors (Lipinski definition) is 3. The Bertz CT molecular complexity index is 586. The molecule has 25 heavy (non-hydrogen) atoms. The topological polar surface area (TPSA) is 44.8 Å². The van der Waals surface area contributed by atoms with Gasteiger partial charge in [-0.1, -0.05) is 26.0 Å². The predicted molar refractivity (Wildman–Crippen MR) is 101 cm³/mol. The summed E-state index contributed by atoms with van der Waals surface area (Å²) in [5.74, 6) is 2.12. The van der Waals surface area contributed by atoms with E-state index >= 15 is 0 Å². The second-order valence-corrected chi connectivity index (χ2v) is 7.68. The largest absolute Gasteiger partial charge is 0.495 e. The number of methoxy groups -OCH3 is 1. The Morgan fingerprint density at radius 2 is 2.04 bits per heavy atom. The first-order valence-corrected chi connectivity index (χ1v) is 9.51. The molecule has 1 aromatic rings. The first-order chi connectivity index (χ1) is 12.1. The van der Waals surface area contributed by atoms with Gasteiger partial charge in [-0.05, 0) is 43.2 Å². The summed E-state index contributed by atoms with van der Waals surface area (Å²) in [6.45, 7) is 8.44. The Kier molecular flexibility index (Phi) is 5.84. The number of ether oxygens (including phenoxy) is 1. The normalized spacial score (nSPS) is 21.9. The highest BCUT2D eigenvalue weighted by Crippen LogP contribution is 2.32. The van der Waals surface area contributed by atoms with Crippen LogP contribution in [0.25, 0.3) is 0 Å². The number of carbonyl (C=O) groups is 1. The molecule has 5 nitrogen and oxygen atoms in total. The summed E-state index contributed by atoms with van der Waals surface area (Å²) in [7, 11) is 1.63. The van der Waals surface area contributed by atoms with Gasteiger partial charge in [0.2, 0.25) is 0 Å². The Morgan fingerprint density at radius 1 is 1.28 bits per heavy atom. The van der Waals surface area contributed by atoms with E-state index in [-0.39, 0.29) is 6.03 Å². The maximum Gasteiger partial charge on any atom is 0.322 e. The molecule has 0 aromatic heterocycles. The minimum Gasteiger partial charge on any atom is -0.495 e. The molecular formula is C20H31N3O2. The van der Waals surface area contributed by atoms with Crippen molar-refractivity contribution >= 4 is 11.7 Å². The van der Waals surface area contributed by atoms with Crippen molar-refractivity contribution in [2.24, 2.45) is 11.8 Å². The number of hydrogen-bond donors (Lipinski definition) is 1. The Balaban J connectivity index is 1.67. The second kappa shape index (κ2) is 8.09. The molecule has 1 heterocycles. The van der Waals surface area contributed by atoms with Crippen LogP contribution < -0.4 is 10.1 Å². The number of nitrogens with zero attached hydrogens (tertiary/aromatic N) is 2. The van der Waals surface area contributed by atoms with Gasteiger partial charge in [0.1, 0.15) is 5.75 Å². The molecule has 1 N–H and O–H groups in total. The van der Waals surface area contributed by atoms with E-state index in [0.29, 0.717) is 17.7 Å². The predicted octanol–water partition coefficient (Wildman–Crippen LogP) is 3.67. The summed E-state index contributed by atoms with van der Waals surface area (Å²) >= 11 is 0. The molecule has 2 amide bonds. The highest BCUT2D eigenvalue weighted by Gasteiger charge is 2.33. The molecule has 5 heteroatoms. The van der Waals surface area contributed by atoms with Crippen LogP contribution in [0.3, 0.4) is 0 Å². The van der Waals surface area contributed by atoms with E-state index in [2.05, 4.69) is 24.1 Å². The smallest absolute Gasteiger partial charge is 0.322 e. The van der Waals surface area contributed by atoms with Crippen LogP contribution in [-0.2, 0) is 0 Å². The van der Waals surface area contributed by atoms with Crippen molar-refractivity contribution in [3.05, 3.63) is 24.3 Å². The van der Waals surface area contributed by atoms with Crippen molar-refractivity contribution in [1.29, 1.82) is 0 Å². The molecule has 0 bridgehead atoms. The molecule has 1 saturated carbocycles. The fraction of sp³-hybridized carbons (Fsp3) is 0.650. The minimum atomic E-state index is -0.0246. The zero-order chi connectivity index (χ0) is 17.8. The molecule has 1 aromatic carbocycles. The molecule has 1 atom stereocenters. The number of nitrogens with one attached hydrogen (secondary N) is 1. The third kappa shape index (κ3) is 4.66. The SMILES string of the molecule is COc1ccccc1NC(=O)N1CCCN(CC2CC2)[C@H](C(C)C)C1. The maximum atomic E-state index is 12.8. The first-order valence-electron chi connectivity index (χ1n) is 9.51. The molecule has 2 aliphatic rings. The van der Waals surface area contributed by atoms with Crippen LogP contribution in [0.1, 0.15) is 33.1 Å². The van der Waals surface area contributed by atoms with Gasteiger partial charge in [0.25, 0.3) is 0 Å². The highest BCUT2D eigenvalue weighted by atomic mass is 16.5. The van der Waals surface area contributed by atoms with Crippen LogP contribution in [0.2, 0.25) is 0 Å². The highest BCUT2D eigenvalue weighted by molar-refractivity contribution is 5.91. The lowest BCUT2D eigenvalue weighted by Crippen LogP contribution is -2.47. The summed E-state index contributed by atoms with van der Waals surface area (Å²) in [4.78, 5) is 17.4. The lowest BCUT2D eigenvalue weighted by Gasteiger charge is -2.34.